The van der Waals surface area contributed by atoms with Crippen molar-refractivity contribution in [2.75, 3.05) is 0 Å². The van der Waals surface area contributed by atoms with Gasteiger partial charge < -0.3 is 5.11 Å². The molecule has 0 radical (unpaired) electrons. The lowest BCUT2D eigenvalue weighted by atomic mass is 10.1. The summed E-state index contributed by atoms with van der Waals surface area (Å²) in [5, 5.41) is 8.90. The Kier molecular flexibility index (Phi) is 3.38. The lowest BCUT2D eigenvalue weighted by Crippen LogP contribution is -1.94. The zero-order valence-corrected chi connectivity index (χ0v) is 7.62. The predicted octanol–water partition coefficient (Wildman–Crippen LogP) is 1.37. The summed E-state index contributed by atoms with van der Waals surface area (Å²) in [6, 6.07) is 3.74. The van der Waals surface area contributed by atoms with Crippen molar-refractivity contribution in [3.63, 3.8) is 0 Å². The van der Waals surface area contributed by atoms with Crippen LogP contribution in [-0.4, -0.2) is 17.5 Å². The first-order valence-corrected chi connectivity index (χ1v) is 4.08. The van der Waals surface area contributed by atoms with Crippen molar-refractivity contribution in [1.29, 1.82) is 0 Å². The molecule has 72 valence electrons. The van der Waals surface area contributed by atoms with Crippen LogP contribution in [0, 0.1) is 17.7 Å². The Balaban J connectivity index is 3.10. The highest BCUT2D eigenvalue weighted by molar-refractivity contribution is 5.79. The van der Waals surface area contributed by atoms with Crippen molar-refractivity contribution in [1.82, 2.24) is 0 Å². The lowest BCUT2D eigenvalue weighted by molar-refractivity contribution is 0.112. The number of aliphatic hydroxyl groups is 1. The molecule has 0 amide bonds. The highest BCUT2D eigenvalue weighted by Crippen LogP contribution is 2.07. The van der Waals surface area contributed by atoms with Gasteiger partial charge in [-0.05, 0) is 25.1 Å². The van der Waals surface area contributed by atoms with Gasteiger partial charge in [-0.3, -0.25) is 4.79 Å². The zero-order chi connectivity index (χ0) is 10.6. The first-order valence-electron chi connectivity index (χ1n) is 4.08. The Morgan fingerprint density at radius 3 is 2.86 bits per heavy atom. The fourth-order valence-corrected chi connectivity index (χ4v) is 0.927. The Labute approximate surface area is 81.4 Å². The summed E-state index contributed by atoms with van der Waals surface area (Å²) in [7, 11) is 0. The number of halogens is 1. The van der Waals surface area contributed by atoms with Gasteiger partial charge in [-0.1, -0.05) is 11.8 Å². The molecular weight excluding hydrogens is 183 g/mol. The van der Waals surface area contributed by atoms with Crippen molar-refractivity contribution in [3.05, 3.63) is 35.1 Å². The van der Waals surface area contributed by atoms with Gasteiger partial charge in [-0.15, -0.1) is 0 Å². The topological polar surface area (TPSA) is 37.3 Å². The summed E-state index contributed by atoms with van der Waals surface area (Å²) in [4.78, 5) is 10.5. The predicted molar refractivity (Wildman–Crippen MR) is 50.3 cm³/mol. The molecule has 0 saturated carbocycles. The fraction of sp³-hybridized carbons (Fsp3) is 0.182. The Hall–Kier alpha value is -1.66. The maximum absolute atomic E-state index is 12.7. The average molecular weight is 192 g/mol. The number of carbonyl (C=O) groups excluding carboxylic acids is 1. The quantitative estimate of drug-likeness (QED) is 0.539. The first kappa shape index (κ1) is 10.4. The van der Waals surface area contributed by atoms with Gasteiger partial charge in [-0.2, -0.15) is 0 Å². The van der Waals surface area contributed by atoms with Gasteiger partial charge in [0.25, 0.3) is 0 Å². The number of rotatable bonds is 1. The van der Waals surface area contributed by atoms with E-state index in [0.717, 1.165) is 6.07 Å². The van der Waals surface area contributed by atoms with Crippen LogP contribution < -0.4 is 0 Å². The van der Waals surface area contributed by atoms with E-state index in [1.807, 2.05) is 0 Å². The van der Waals surface area contributed by atoms with Crippen molar-refractivity contribution in [2.24, 2.45) is 0 Å². The zero-order valence-electron chi connectivity index (χ0n) is 7.62. The molecule has 1 rings (SSSR count). The molecular formula is C11H9FO2. The van der Waals surface area contributed by atoms with E-state index < -0.39 is 11.9 Å². The molecule has 0 unspecified atom stereocenters. The smallest absolute Gasteiger partial charge is 0.151 e. The summed E-state index contributed by atoms with van der Waals surface area (Å²) in [6.45, 7) is 1.51. The largest absolute Gasteiger partial charge is 0.381 e. The van der Waals surface area contributed by atoms with E-state index in [-0.39, 0.29) is 5.56 Å². The Morgan fingerprint density at radius 1 is 1.57 bits per heavy atom. The van der Waals surface area contributed by atoms with Crippen molar-refractivity contribution < 1.29 is 14.3 Å². The van der Waals surface area contributed by atoms with Gasteiger partial charge in [0.15, 0.2) is 6.29 Å². The first-order chi connectivity index (χ1) is 6.63. The summed E-state index contributed by atoms with van der Waals surface area (Å²) in [6.07, 6.45) is -0.227. The fourth-order valence-electron chi connectivity index (χ4n) is 0.927. The highest BCUT2D eigenvalue weighted by atomic mass is 19.1. The van der Waals surface area contributed by atoms with Crippen LogP contribution >= 0.6 is 0 Å². The van der Waals surface area contributed by atoms with Crippen LogP contribution in [0.1, 0.15) is 22.8 Å². The van der Waals surface area contributed by atoms with Crippen LogP contribution in [0.3, 0.4) is 0 Å². The van der Waals surface area contributed by atoms with Crippen molar-refractivity contribution in [2.45, 2.75) is 13.0 Å². The number of hydrogen-bond acceptors (Lipinski definition) is 2. The van der Waals surface area contributed by atoms with E-state index in [9.17, 15) is 9.18 Å². The second-order valence-corrected chi connectivity index (χ2v) is 2.79. The maximum atomic E-state index is 12.7. The minimum atomic E-state index is -0.764. The molecule has 1 atom stereocenters. The van der Waals surface area contributed by atoms with Gasteiger partial charge in [0.1, 0.15) is 11.9 Å². The van der Waals surface area contributed by atoms with Gasteiger partial charge in [0.2, 0.25) is 0 Å². The third-order valence-corrected chi connectivity index (χ3v) is 1.56. The molecule has 1 aromatic carbocycles. The molecule has 0 saturated heterocycles. The Bertz CT molecular complexity index is 399. The molecule has 2 nitrogen and oxygen atoms in total. The minimum absolute atomic E-state index is 0.193. The summed E-state index contributed by atoms with van der Waals surface area (Å²) in [5.74, 6) is 4.60. The monoisotopic (exact) mass is 192 g/mol. The molecule has 1 aromatic rings. The van der Waals surface area contributed by atoms with Gasteiger partial charge in [0, 0.05) is 11.1 Å². The molecule has 14 heavy (non-hydrogen) atoms. The molecule has 0 heterocycles. The molecule has 0 aliphatic heterocycles. The van der Waals surface area contributed by atoms with E-state index in [2.05, 4.69) is 11.8 Å². The van der Waals surface area contributed by atoms with Gasteiger partial charge in [-0.25, -0.2) is 4.39 Å². The van der Waals surface area contributed by atoms with E-state index in [1.54, 1.807) is 0 Å². The van der Waals surface area contributed by atoms with Crippen LogP contribution in [0.15, 0.2) is 18.2 Å². The highest BCUT2D eigenvalue weighted by Gasteiger charge is 2.00. The van der Waals surface area contributed by atoms with E-state index in [1.165, 1.54) is 19.1 Å². The average Bonchev–Trinajstić information content (AvgIpc) is 2.15. The third-order valence-electron chi connectivity index (χ3n) is 1.56. The number of hydrogen-bond donors (Lipinski definition) is 1. The number of aldehydes is 1. The van der Waals surface area contributed by atoms with E-state index >= 15 is 0 Å². The number of aliphatic hydroxyl groups excluding tert-OH is 1. The second-order valence-electron chi connectivity index (χ2n) is 2.79. The molecule has 0 fully saturated rings. The summed E-state index contributed by atoms with van der Waals surface area (Å²) < 4.78 is 12.7. The summed E-state index contributed by atoms with van der Waals surface area (Å²) >= 11 is 0. The Morgan fingerprint density at radius 2 is 2.29 bits per heavy atom. The summed E-state index contributed by atoms with van der Waals surface area (Å²) in [5.41, 5.74) is 0.612. The van der Waals surface area contributed by atoms with Crippen LogP contribution in [-0.2, 0) is 0 Å². The number of carbonyl (C=O) groups is 1. The van der Waals surface area contributed by atoms with Gasteiger partial charge in [0.05, 0.1) is 0 Å². The van der Waals surface area contributed by atoms with Crippen LogP contribution in [0.5, 0.6) is 0 Å². The molecule has 0 aliphatic rings. The van der Waals surface area contributed by atoms with E-state index in [4.69, 9.17) is 5.11 Å². The number of benzene rings is 1. The minimum Gasteiger partial charge on any atom is -0.381 e. The molecule has 3 heteroatoms. The van der Waals surface area contributed by atoms with Crippen LogP contribution in [0.25, 0.3) is 0 Å². The maximum Gasteiger partial charge on any atom is 0.151 e. The molecule has 0 spiro atoms. The van der Waals surface area contributed by atoms with Crippen LogP contribution in [0.2, 0.25) is 0 Å². The normalized spacial score (nSPS) is 11.4. The van der Waals surface area contributed by atoms with Crippen LogP contribution in [0.4, 0.5) is 4.39 Å². The molecule has 0 bridgehead atoms. The van der Waals surface area contributed by atoms with Crippen molar-refractivity contribution in [3.8, 4) is 11.8 Å². The lowest BCUT2D eigenvalue weighted by Gasteiger charge is -1.96. The molecule has 0 aromatic heterocycles. The van der Waals surface area contributed by atoms with Crippen molar-refractivity contribution >= 4 is 6.29 Å². The molecule has 1 N–H and O–H groups in total. The SMILES string of the molecule is C[C@H](O)C#Cc1ccc(F)cc1C=O. The van der Waals surface area contributed by atoms with Gasteiger partial charge >= 0.3 is 0 Å². The van der Waals surface area contributed by atoms with E-state index in [0.29, 0.717) is 11.8 Å². The molecule has 0 aliphatic carbocycles. The third kappa shape index (κ3) is 2.68. The standard InChI is InChI=1S/C11H9FO2/c1-8(14)2-3-9-4-5-11(12)6-10(9)7-13/h4-8,14H,1H3/t8-/m0/s1. The second kappa shape index (κ2) is 4.54.